The summed E-state index contributed by atoms with van der Waals surface area (Å²) in [5, 5.41) is 11.4. The fraction of sp³-hybridized carbons (Fsp3) is 0.273. The number of rotatable bonds is 4. The van der Waals surface area contributed by atoms with Crippen LogP contribution in [-0.4, -0.2) is 23.5 Å². The van der Waals surface area contributed by atoms with Gasteiger partial charge in [-0.1, -0.05) is 11.6 Å². The van der Waals surface area contributed by atoms with Crippen LogP contribution in [-0.2, 0) is 4.79 Å². The van der Waals surface area contributed by atoms with Crippen LogP contribution in [0.1, 0.15) is 22.3 Å². The lowest BCUT2D eigenvalue weighted by Gasteiger charge is -2.05. The summed E-state index contributed by atoms with van der Waals surface area (Å²) in [4.78, 5) is 21.8. The Morgan fingerprint density at radius 2 is 2.06 bits per heavy atom. The summed E-state index contributed by atoms with van der Waals surface area (Å²) in [5.41, 5.74) is 1.33. The minimum absolute atomic E-state index is 0.0920. The third kappa shape index (κ3) is 3.90. The second kappa shape index (κ2) is 5.51. The molecule has 1 aromatic rings. The first-order valence-corrected chi connectivity index (χ1v) is 5.14. The molecule has 0 unspecified atom stereocenters. The standard InChI is InChI=1S/C11H12ClNO3/c1-7-4-8(6-9(12)5-7)11(16)13-3-2-10(14)15/h4-6H,2-3H2,1H3,(H,13,16)(H,14,15). The molecule has 1 amide bonds. The maximum absolute atomic E-state index is 11.6. The van der Waals surface area contributed by atoms with Crippen molar-refractivity contribution < 1.29 is 14.7 Å². The number of hydrogen-bond acceptors (Lipinski definition) is 2. The molecule has 0 aliphatic carbocycles. The van der Waals surface area contributed by atoms with Crippen LogP contribution in [0.2, 0.25) is 5.02 Å². The van der Waals surface area contributed by atoms with Gasteiger partial charge in [-0.15, -0.1) is 0 Å². The van der Waals surface area contributed by atoms with E-state index in [-0.39, 0.29) is 18.9 Å². The number of aryl methyl sites for hydroxylation is 1. The molecule has 0 saturated heterocycles. The quantitative estimate of drug-likeness (QED) is 0.846. The number of amides is 1. The van der Waals surface area contributed by atoms with Crippen LogP contribution in [0.5, 0.6) is 0 Å². The van der Waals surface area contributed by atoms with Crippen molar-refractivity contribution in [2.75, 3.05) is 6.54 Å². The first-order valence-electron chi connectivity index (χ1n) is 4.76. The van der Waals surface area contributed by atoms with Crippen molar-refractivity contribution >= 4 is 23.5 Å². The number of nitrogens with one attached hydrogen (secondary N) is 1. The fourth-order valence-electron chi connectivity index (χ4n) is 1.25. The molecule has 0 radical (unpaired) electrons. The zero-order chi connectivity index (χ0) is 12.1. The van der Waals surface area contributed by atoms with E-state index in [9.17, 15) is 9.59 Å². The summed E-state index contributed by atoms with van der Waals surface area (Å²) in [6.07, 6.45) is -0.0920. The van der Waals surface area contributed by atoms with Gasteiger partial charge >= 0.3 is 5.97 Å². The molecule has 0 spiro atoms. The molecule has 86 valence electrons. The lowest BCUT2D eigenvalue weighted by atomic mass is 10.1. The van der Waals surface area contributed by atoms with Crippen LogP contribution >= 0.6 is 11.6 Å². The highest BCUT2D eigenvalue weighted by Gasteiger charge is 2.07. The van der Waals surface area contributed by atoms with E-state index in [0.29, 0.717) is 10.6 Å². The maximum Gasteiger partial charge on any atom is 0.305 e. The molecule has 0 aromatic heterocycles. The first kappa shape index (κ1) is 12.5. The van der Waals surface area contributed by atoms with Crippen molar-refractivity contribution in [1.29, 1.82) is 0 Å². The van der Waals surface area contributed by atoms with Crippen LogP contribution in [0.25, 0.3) is 0 Å². The van der Waals surface area contributed by atoms with E-state index in [2.05, 4.69) is 5.32 Å². The molecule has 0 atom stereocenters. The van der Waals surface area contributed by atoms with Gasteiger partial charge in [0, 0.05) is 17.1 Å². The van der Waals surface area contributed by atoms with Gasteiger partial charge in [-0.05, 0) is 30.7 Å². The smallest absolute Gasteiger partial charge is 0.305 e. The van der Waals surface area contributed by atoms with Crippen molar-refractivity contribution in [3.8, 4) is 0 Å². The van der Waals surface area contributed by atoms with Gasteiger partial charge in [0.15, 0.2) is 0 Å². The predicted molar refractivity (Wildman–Crippen MR) is 60.8 cm³/mol. The van der Waals surface area contributed by atoms with Crippen molar-refractivity contribution in [3.05, 3.63) is 34.3 Å². The molecule has 0 bridgehead atoms. The Morgan fingerprint density at radius 3 is 2.62 bits per heavy atom. The summed E-state index contributed by atoms with van der Waals surface area (Å²) < 4.78 is 0. The van der Waals surface area contributed by atoms with E-state index in [4.69, 9.17) is 16.7 Å². The molecular weight excluding hydrogens is 230 g/mol. The van der Waals surface area contributed by atoms with Crippen molar-refractivity contribution in [2.24, 2.45) is 0 Å². The summed E-state index contributed by atoms with van der Waals surface area (Å²) in [7, 11) is 0. The Balaban J connectivity index is 2.62. The highest BCUT2D eigenvalue weighted by Crippen LogP contribution is 2.14. The number of carboxylic acids is 1. The van der Waals surface area contributed by atoms with E-state index >= 15 is 0 Å². The number of carboxylic acid groups (broad SMARTS) is 1. The zero-order valence-electron chi connectivity index (χ0n) is 8.79. The molecule has 2 N–H and O–H groups in total. The number of hydrogen-bond donors (Lipinski definition) is 2. The Bertz CT molecular complexity index is 397. The molecule has 0 aliphatic heterocycles. The Hall–Kier alpha value is -1.55. The highest BCUT2D eigenvalue weighted by molar-refractivity contribution is 6.31. The second-order valence-corrected chi connectivity index (χ2v) is 3.85. The van der Waals surface area contributed by atoms with Crippen LogP contribution in [0.4, 0.5) is 0 Å². The Kier molecular flexibility index (Phi) is 4.31. The van der Waals surface area contributed by atoms with Crippen molar-refractivity contribution in [3.63, 3.8) is 0 Å². The van der Waals surface area contributed by atoms with E-state index in [1.54, 1.807) is 18.2 Å². The molecule has 1 rings (SSSR count). The van der Waals surface area contributed by atoms with E-state index in [1.807, 2.05) is 6.92 Å². The SMILES string of the molecule is Cc1cc(Cl)cc(C(=O)NCCC(=O)O)c1. The van der Waals surface area contributed by atoms with E-state index < -0.39 is 5.97 Å². The summed E-state index contributed by atoms with van der Waals surface area (Å²) in [6.45, 7) is 1.94. The highest BCUT2D eigenvalue weighted by atomic mass is 35.5. The minimum atomic E-state index is -0.942. The fourth-order valence-corrected chi connectivity index (χ4v) is 1.54. The number of carbonyl (C=O) groups excluding carboxylic acids is 1. The number of carbonyl (C=O) groups is 2. The van der Waals surface area contributed by atoms with Crippen molar-refractivity contribution in [2.45, 2.75) is 13.3 Å². The summed E-state index contributed by atoms with van der Waals surface area (Å²) >= 11 is 5.80. The zero-order valence-corrected chi connectivity index (χ0v) is 9.54. The molecule has 1 aromatic carbocycles. The van der Waals surface area contributed by atoms with Gasteiger partial charge in [0.1, 0.15) is 0 Å². The van der Waals surface area contributed by atoms with E-state index in [1.165, 1.54) is 0 Å². The van der Waals surface area contributed by atoms with Crippen molar-refractivity contribution in [1.82, 2.24) is 5.32 Å². The number of benzene rings is 1. The topological polar surface area (TPSA) is 66.4 Å². The van der Waals surface area contributed by atoms with Crippen LogP contribution in [0.15, 0.2) is 18.2 Å². The molecule has 0 saturated carbocycles. The number of halogens is 1. The van der Waals surface area contributed by atoms with Crippen LogP contribution < -0.4 is 5.32 Å². The van der Waals surface area contributed by atoms with Gasteiger partial charge in [0.05, 0.1) is 6.42 Å². The molecular formula is C11H12ClNO3. The van der Waals surface area contributed by atoms with Crippen LogP contribution in [0, 0.1) is 6.92 Å². The van der Waals surface area contributed by atoms with Gasteiger partial charge in [0.2, 0.25) is 0 Å². The van der Waals surface area contributed by atoms with Gasteiger partial charge < -0.3 is 10.4 Å². The van der Waals surface area contributed by atoms with Gasteiger partial charge in [-0.3, -0.25) is 9.59 Å². The van der Waals surface area contributed by atoms with Gasteiger partial charge in [0.25, 0.3) is 5.91 Å². The number of aliphatic carboxylic acids is 1. The Labute approximate surface area is 98.2 Å². The average molecular weight is 242 g/mol. The molecule has 0 aliphatic rings. The third-order valence-corrected chi connectivity index (χ3v) is 2.15. The molecule has 0 fully saturated rings. The monoisotopic (exact) mass is 241 g/mol. The van der Waals surface area contributed by atoms with Gasteiger partial charge in [-0.25, -0.2) is 0 Å². The lowest BCUT2D eigenvalue weighted by Crippen LogP contribution is -2.26. The lowest BCUT2D eigenvalue weighted by molar-refractivity contribution is -0.136. The van der Waals surface area contributed by atoms with Crippen LogP contribution in [0.3, 0.4) is 0 Å². The molecule has 4 nitrogen and oxygen atoms in total. The predicted octanol–water partition coefficient (Wildman–Crippen LogP) is 1.85. The average Bonchev–Trinajstić information content (AvgIpc) is 2.15. The minimum Gasteiger partial charge on any atom is -0.481 e. The molecule has 16 heavy (non-hydrogen) atoms. The normalized spacial score (nSPS) is 9.88. The second-order valence-electron chi connectivity index (χ2n) is 3.42. The molecule has 0 heterocycles. The Morgan fingerprint density at radius 1 is 1.38 bits per heavy atom. The maximum atomic E-state index is 11.6. The first-order chi connectivity index (χ1) is 7.49. The van der Waals surface area contributed by atoms with E-state index in [0.717, 1.165) is 5.56 Å². The molecule has 5 heteroatoms. The summed E-state index contributed by atoms with van der Waals surface area (Å²) in [5.74, 6) is -1.26. The third-order valence-electron chi connectivity index (χ3n) is 1.93. The van der Waals surface area contributed by atoms with Gasteiger partial charge in [-0.2, -0.15) is 0 Å². The summed E-state index contributed by atoms with van der Waals surface area (Å²) in [6, 6.07) is 4.99. The largest absolute Gasteiger partial charge is 0.481 e.